The second-order valence-electron chi connectivity index (χ2n) is 26.5. The van der Waals surface area contributed by atoms with Gasteiger partial charge < -0.3 is 104 Å². The van der Waals surface area contributed by atoms with E-state index >= 15 is 0 Å². The summed E-state index contributed by atoms with van der Waals surface area (Å²) < 4.78 is 54.4. The minimum atomic E-state index is -2.10. The van der Waals surface area contributed by atoms with Crippen molar-refractivity contribution in [3.05, 3.63) is 34.9 Å². The summed E-state index contributed by atoms with van der Waals surface area (Å²) in [7, 11) is 1.02. The summed E-state index contributed by atoms with van der Waals surface area (Å²) in [5.74, 6) is -3.30. The summed E-state index contributed by atoms with van der Waals surface area (Å²) in [6.07, 6.45) is -24.0. The number of esters is 3. The van der Waals surface area contributed by atoms with Crippen molar-refractivity contribution < 1.29 is 118 Å². The van der Waals surface area contributed by atoms with Gasteiger partial charge in [0.25, 0.3) is 0 Å². The molecule has 472 valence electrons. The van der Waals surface area contributed by atoms with E-state index in [2.05, 4.69) is 26.8 Å². The third-order valence-corrected chi connectivity index (χ3v) is 21.9. The summed E-state index contributed by atoms with van der Waals surface area (Å²) in [6, 6.07) is 0. The lowest BCUT2D eigenvalue weighted by Gasteiger charge is -2.72. The Bertz CT molecular complexity index is 2450. The Balaban J connectivity index is 1.13. The van der Waals surface area contributed by atoms with Crippen LogP contribution in [0.3, 0.4) is 0 Å². The van der Waals surface area contributed by atoms with E-state index in [9.17, 15) is 75.7 Å². The first-order valence-corrected chi connectivity index (χ1v) is 29.2. The van der Waals surface area contributed by atoms with Crippen molar-refractivity contribution in [2.75, 3.05) is 33.5 Å². The molecule has 3 aliphatic heterocycles. The summed E-state index contributed by atoms with van der Waals surface area (Å²) in [5.41, 5.74) is -3.52. The fourth-order valence-electron chi connectivity index (χ4n) is 16.5. The minimum Gasteiger partial charge on any atom is -0.467 e. The molecule has 27 atom stereocenters. The number of rotatable bonds is 15. The molecule has 0 aromatic rings. The van der Waals surface area contributed by atoms with E-state index in [0.29, 0.717) is 43.3 Å². The van der Waals surface area contributed by atoms with Gasteiger partial charge in [-0.2, -0.15) is 0 Å². The highest BCUT2D eigenvalue weighted by molar-refractivity contribution is 5.89. The topological polar surface area (TPSA) is 377 Å². The second kappa shape index (κ2) is 24.5. The van der Waals surface area contributed by atoms with Crippen LogP contribution in [0.2, 0.25) is 0 Å². The number of aliphatic hydroxyl groups is 12. The highest BCUT2D eigenvalue weighted by atomic mass is 16.8. The molecule has 0 amide bonds. The Morgan fingerprint density at radius 2 is 1.17 bits per heavy atom. The highest BCUT2D eigenvalue weighted by Crippen LogP contribution is 2.76. The Labute approximate surface area is 484 Å². The van der Waals surface area contributed by atoms with E-state index < -0.39 is 199 Å². The van der Waals surface area contributed by atoms with Gasteiger partial charge in [-0.25, -0.2) is 14.4 Å². The number of allylic oxidation sites excluding steroid dienone is 4. The fourth-order valence-corrected chi connectivity index (χ4v) is 16.5. The standard InChI is InChI=1S/C59H92O24/c1-12-26(3)48(72)82-46-47(83-49(73)27(4)13-2)59(25-63)29(20-54(46,5)6)28-14-15-33-55(7)18-17-35(56(8,24-62)32(55)16-19-57(33,9)58(28,10)21-34(59)64)78-53-44(80-52-41(70)39(68)37(66)31(23-61)77-52)42(71)43(45(81-53)50(74)75-11)79-51-40(69)38(67)36(65)30(22-60)76-51/h12-14,29-47,51-53,60-71H,15-25H2,1-11H3/b26-12+,27-13-/t29-,30+,31+,32+,33+,34+,35-,36+,37+,38-,39-,40+,41+,42-,43-,44+,45-,46-,47-,51-,52-,53+,55-,56+,57+,58+,59-/m0/s1. The SMILES string of the molecule is C/C=C(/C)C(=O)O[C@H]1[C@H](OC(=O)/C(C)=C/C)C(C)(C)C[C@H]2C3=CC[C@@H]4[C@@]5(C)CC[C@H](O[C@@H]6O[C@H](C(=O)OC)[C@@H](O[C@@H]7O[C@H](CO)[C@@H](O)[C@H](O)[C@H]7O)[C@H](O)[C@H]6O[C@@H]6O[C@H](CO)[C@@H](O)[C@H](O)[C@H]6O)[C@](C)(CO)[C@@H]5CC[C@@]4(C)[C@]3(C)C[C@@H](O)[C@]21CO. The van der Waals surface area contributed by atoms with Gasteiger partial charge in [-0.05, 0) is 107 Å². The monoisotopic (exact) mass is 1180 g/mol. The molecule has 0 unspecified atom stereocenters. The molecule has 8 aliphatic rings. The van der Waals surface area contributed by atoms with Crippen LogP contribution < -0.4 is 0 Å². The molecular formula is C59H92O24. The summed E-state index contributed by atoms with van der Waals surface area (Å²) in [4.78, 5) is 41.2. The van der Waals surface area contributed by atoms with E-state index in [4.69, 9.17) is 42.6 Å². The average molecular weight is 1190 g/mol. The van der Waals surface area contributed by atoms with Gasteiger partial charge in [0.2, 0.25) is 0 Å². The molecule has 7 fully saturated rings. The smallest absolute Gasteiger partial charge is 0.337 e. The number of carbonyl (C=O) groups is 3. The van der Waals surface area contributed by atoms with Crippen LogP contribution >= 0.6 is 0 Å². The Morgan fingerprint density at radius 3 is 1.67 bits per heavy atom. The predicted molar refractivity (Wildman–Crippen MR) is 287 cm³/mol. The maximum absolute atomic E-state index is 13.9. The molecule has 0 radical (unpaired) electrons. The average Bonchev–Trinajstić information content (AvgIpc) is 0.872. The van der Waals surface area contributed by atoms with Crippen molar-refractivity contribution in [2.24, 2.45) is 50.2 Å². The van der Waals surface area contributed by atoms with Gasteiger partial charge >= 0.3 is 17.9 Å². The Morgan fingerprint density at radius 1 is 0.627 bits per heavy atom. The summed E-state index contributed by atoms with van der Waals surface area (Å²) in [5, 5.41) is 134. The molecule has 0 bridgehead atoms. The van der Waals surface area contributed by atoms with Crippen molar-refractivity contribution in [3.8, 4) is 0 Å². The summed E-state index contributed by atoms with van der Waals surface area (Å²) >= 11 is 0. The molecule has 8 rings (SSSR count). The molecule has 3 saturated heterocycles. The van der Waals surface area contributed by atoms with Crippen LogP contribution in [0.5, 0.6) is 0 Å². The minimum absolute atomic E-state index is 0.0812. The highest BCUT2D eigenvalue weighted by Gasteiger charge is 2.74. The van der Waals surface area contributed by atoms with Crippen molar-refractivity contribution in [3.63, 3.8) is 0 Å². The lowest BCUT2D eigenvalue weighted by molar-refractivity contribution is -0.392. The van der Waals surface area contributed by atoms with Gasteiger partial charge in [0, 0.05) is 22.0 Å². The molecule has 3 heterocycles. The van der Waals surface area contributed by atoms with Gasteiger partial charge in [-0.1, -0.05) is 65.3 Å². The molecule has 0 spiro atoms. The zero-order valence-electron chi connectivity index (χ0n) is 49.5. The normalized spacial score (nSPS) is 49.0. The number of carbonyl (C=O) groups excluding carboxylic acids is 3. The molecule has 0 aromatic heterocycles. The maximum Gasteiger partial charge on any atom is 0.337 e. The van der Waals surface area contributed by atoms with Crippen LogP contribution in [0.25, 0.3) is 0 Å². The molecule has 4 saturated carbocycles. The maximum atomic E-state index is 13.9. The van der Waals surface area contributed by atoms with E-state index in [0.717, 1.165) is 12.7 Å². The molecule has 83 heavy (non-hydrogen) atoms. The Hall–Kier alpha value is -3.09. The number of methoxy groups -OCH3 is 1. The van der Waals surface area contributed by atoms with Crippen LogP contribution in [0, 0.1) is 50.2 Å². The van der Waals surface area contributed by atoms with Crippen molar-refractivity contribution in [1.82, 2.24) is 0 Å². The van der Waals surface area contributed by atoms with Gasteiger partial charge in [0.15, 0.2) is 31.1 Å². The first-order valence-electron chi connectivity index (χ1n) is 29.2. The van der Waals surface area contributed by atoms with E-state index in [1.807, 2.05) is 20.8 Å². The first kappa shape index (κ1) is 65.9. The predicted octanol–water partition coefficient (Wildman–Crippen LogP) is -0.286. The largest absolute Gasteiger partial charge is 0.467 e. The number of hydrogen-bond donors (Lipinski definition) is 12. The molecule has 24 nitrogen and oxygen atoms in total. The van der Waals surface area contributed by atoms with Gasteiger partial charge in [-0.15, -0.1) is 0 Å². The van der Waals surface area contributed by atoms with E-state index in [1.165, 1.54) is 0 Å². The lowest BCUT2D eigenvalue weighted by atomic mass is 9.33. The quantitative estimate of drug-likeness (QED) is 0.0330. The third kappa shape index (κ3) is 10.7. The molecule has 0 aromatic carbocycles. The van der Waals surface area contributed by atoms with E-state index in [-0.39, 0.29) is 24.7 Å². The van der Waals surface area contributed by atoms with Crippen molar-refractivity contribution in [1.29, 1.82) is 0 Å². The number of hydrogen-bond acceptors (Lipinski definition) is 24. The molecule has 12 N–H and O–H groups in total. The second-order valence-corrected chi connectivity index (χ2v) is 26.5. The van der Waals surface area contributed by atoms with Gasteiger partial charge in [0.1, 0.15) is 73.2 Å². The number of fused-ring (bicyclic) bond motifs is 7. The zero-order valence-corrected chi connectivity index (χ0v) is 49.5. The van der Waals surface area contributed by atoms with Gasteiger partial charge in [0.05, 0.1) is 51.2 Å². The Kier molecular flexibility index (Phi) is 19.4. The lowest BCUT2D eigenvalue weighted by Crippen LogP contribution is -2.72. The van der Waals surface area contributed by atoms with Gasteiger partial charge in [-0.3, -0.25) is 0 Å². The molecular weight excluding hydrogens is 1090 g/mol. The molecule has 5 aliphatic carbocycles. The first-order chi connectivity index (χ1) is 38.9. The fraction of sp³-hybridized carbons (Fsp3) is 0.847. The molecule has 24 heteroatoms. The third-order valence-electron chi connectivity index (χ3n) is 21.9. The van der Waals surface area contributed by atoms with Crippen LogP contribution in [0.1, 0.15) is 114 Å². The van der Waals surface area contributed by atoms with Crippen LogP contribution in [-0.4, -0.2) is 229 Å². The van der Waals surface area contributed by atoms with Crippen molar-refractivity contribution >= 4 is 17.9 Å². The number of ether oxygens (including phenoxy) is 9. The zero-order chi connectivity index (χ0) is 61.4. The van der Waals surface area contributed by atoms with Crippen LogP contribution in [0.4, 0.5) is 0 Å². The summed E-state index contributed by atoms with van der Waals surface area (Å²) in [6.45, 7) is 16.4. The van der Waals surface area contributed by atoms with Crippen LogP contribution in [-0.2, 0) is 57.0 Å². The van der Waals surface area contributed by atoms with E-state index in [1.54, 1.807) is 39.8 Å². The van der Waals surface area contributed by atoms with Crippen molar-refractivity contribution in [2.45, 2.75) is 231 Å². The number of aliphatic hydroxyl groups excluding tert-OH is 12. The van der Waals surface area contributed by atoms with Crippen LogP contribution in [0.15, 0.2) is 34.9 Å².